The molecule has 0 aliphatic heterocycles. The Hall–Kier alpha value is -2.21. The molecule has 106 valence electrons. The molecule has 0 saturated carbocycles. The van der Waals surface area contributed by atoms with Gasteiger partial charge in [-0.25, -0.2) is 15.8 Å². The average molecular weight is 272 g/mol. The van der Waals surface area contributed by atoms with Crippen LogP contribution in [0.2, 0.25) is 0 Å². The molecule has 0 aliphatic rings. The van der Waals surface area contributed by atoms with Gasteiger partial charge in [0.05, 0.1) is 6.04 Å². The van der Waals surface area contributed by atoms with E-state index in [1.165, 1.54) is 6.33 Å². The normalized spacial score (nSPS) is 11.9. The highest BCUT2D eigenvalue weighted by atomic mass is 15.3. The number of aromatic nitrogens is 3. The Morgan fingerprint density at radius 3 is 2.55 bits per heavy atom. The fourth-order valence-corrected chi connectivity index (χ4v) is 2.09. The zero-order chi connectivity index (χ0) is 14.4. The second-order valence-corrected chi connectivity index (χ2v) is 4.59. The molecule has 0 fully saturated rings. The first-order chi connectivity index (χ1) is 9.76. The van der Waals surface area contributed by atoms with E-state index in [0.29, 0.717) is 5.82 Å². The molecule has 2 aromatic rings. The van der Waals surface area contributed by atoms with Crippen molar-refractivity contribution in [1.82, 2.24) is 15.0 Å². The molecule has 2 rings (SSSR count). The van der Waals surface area contributed by atoms with Crippen molar-refractivity contribution < 1.29 is 0 Å². The van der Waals surface area contributed by atoms with Crippen LogP contribution in [-0.2, 0) is 6.42 Å². The third-order valence-electron chi connectivity index (χ3n) is 3.14. The first-order valence-electron chi connectivity index (χ1n) is 6.73. The third-order valence-corrected chi connectivity index (χ3v) is 3.14. The molecule has 2 aromatic heterocycles. The number of pyridine rings is 1. The summed E-state index contributed by atoms with van der Waals surface area (Å²) < 4.78 is 0. The molecule has 1 atom stereocenters. The van der Waals surface area contributed by atoms with Gasteiger partial charge in [0.1, 0.15) is 18.0 Å². The predicted octanol–water partition coefficient (Wildman–Crippen LogP) is 2.28. The first kappa shape index (κ1) is 14.2. The van der Waals surface area contributed by atoms with Crippen LogP contribution >= 0.6 is 0 Å². The molecular weight excluding hydrogens is 252 g/mol. The van der Waals surface area contributed by atoms with E-state index in [9.17, 15) is 0 Å². The van der Waals surface area contributed by atoms with E-state index in [1.54, 1.807) is 12.4 Å². The molecule has 4 N–H and O–H groups in total. The Morgan fingerprint density at radius 2 is 1.90 bits per heavy atom. The summed E-state index contributed by atoms with van der Waals surface area (Å²) in [7, 11) is 0. The van der Waals surface area contributed by atoms with Gasteiger partial charge in [0, 0.05) is 18.0 Å². The number of nitrogen functional groups attached to an aromatic ring is 1. The van der Waals surface area contributed by atoms with E-state index in [2.05, 4.69) is 39.5 Å². The number of hydrogen-bond acceptors (Lipinski definition) is 6. The number of anilines is 2. The minimum absolute atomic E-state index is 0.133. The SMILES string of the molecule is CCCc1c(NN)ncnc1NC(C)c1ccncc1. The third kappa shape index (κ3) is 3.21. The van der Waals surface area contributed by atoms with Crippen LogP contribution in [0.1, 0.15) is 37.4 Å². The monoisotopic (exact) mass is 272 g/mol. The highest BCUT2D eigenvalue weighted by Crippen LogP contribution is 2.24. The van der Waals surface area contributed by atoms with Crippen LogP contribution in [-0.4, -0.2) is 15.0 Å². The van der Waals surface area contributed by atoms with Gasteiger partial charge in [-0.05, 0) is 31.0 Å². The maximum atomic E-state index is 5.52. The molecular formula is C14H20N6. The van der Waals surface area contributed by atoms with Gasteiger partial charge in [-0.3, -0.25) is 4.98 Å². The van der Waals surface area contributed by atoms with Gasteiger partial charge >= 0.3 is 0 Å². The molecule has 20 heavy (non-hydrogen) atoms. The maximum absolute atomic E-state index is 5.52. The van der Waals surface area contributed by atoms with E-state index in [4.69, 9.17) is 5.84 Å². The Kier molecular flexibility index (Phi) is 4.84. The van der Waals surface area contributed by atoms with Gasteiger partial charge in [0.2, 0.25) is 0 Å². The molecule has 0 bridgehead atoms. The summed E-state index contributed by atoms with van der Waals surface area (Å²) in [6, 6.07) is 4.11. The fraction of sp³-hybridized carbons (Fsp3) is 0.357. The van der Waals surface area contributed by atoms with E-state index < -0.39 is 0 Å². The summed E-state index contributed by atoms with van der Waals surface area (Å²) in [5.41, 5.74) is 4.80. The zero-order valence-corrected chi connectivity index (χ0v) is 11.8. The maximum Gasteiger partial charge on any atom is 0.148 e. The van der Waals surface area contributed by atoms with Crippen molar-refractivity contribution in [3.8, 4) is 0 Å². The lowest BCUT2D eigenvalue weighted by Gasteiger charge is -2.18. The molecule has 0 saturated heterocycles. The van der Waals surface area contributed by atoms with Gasteiger partial charge < -0.3 is 10.7 Å². The van der Waals surface area contributed by atoms with Crippen molar-refractivity contribution in [3.63, 3.8) is 0 Å². The molecule has 0 amide bonds. The highest BCUT2D eigenvalue weighted by molar-refractivity contribution is 5.57. The number of hydrazine groups is 1. The minimum atomic E-state index is 0.133. The van der Waals surface area contributed by atoms with Gasteiger partial charge in [0.25, 0.3) is 0 Å². The summed E-state index contributed by atoms with van der Waals surface area (Å²) in [5.74, 6) is 7.01. The lowest BCUT2D eigenvalue weighted by Crippen LogP contribution is -2.15. The van der Waals surface area contributed by atoms with Crippen LogP contribution < -0.4 is 16.6 Å². The number of nitrogens with two attached hydrogens (primary N) is 1. The molecule has 0 spiro atoms. The van der Waals surface area contributed by atoms with Gasteiger partial charge in [-0.2, -0.15) is 0 Å². The lowest BCUT2D eigenvalue weighted by atomic mass is 10.1. The Labute approximate surface area is 118 Å². The van der Waals surface area contributed by atoms with E-state index in [-0.39, 0.29) is 6.04 Å². The zero-order valence-electron chi connectivity index (χ0n) is 11.8. The van der Waals surface area contributed by atoms with Crippen LogP contribution in [0.15, 0.2) is 30.9 Å². The average Bonchev–Trinajstić information content (AvgIpc) is 2.50. The summed E-state index contributed by atoms with van der Waals surface area (Å²) in [6.45, 7) is 4.20. The quantitative estimate of drug-likeness (QED) is 0.552. The smallest absolute Gasteiger partial charge is 0.148 e. The Balaban J connectivity index is 2.24. The second kappa shape index (κ2) is 6.81. The number of nitrogens with zero attached hydrogens (tertiary/aromatic N) is 3. The number of rotatable bonds is 6. The van der Waals surface area contributed by atoms with Crippen molar-refractivity contribution >= 4 is 11.6 Å². The standard InChI is InChI=1S/C14H20N6/c1-3-4-12-13(17-9-18-14(12)20-15)19-10(2)11-5-7-16-8-6-11/h5-10H,3-4,15H2,1-2H3,(H2,17,18,19,20). The van der Waals surface area contributed by atoms with Crippen LogP contribution in [0.5, 0.6) is 0 Å². The van der Waals surface area contributed by atoms with E-state index in [0.717, 1.165) is 29.8 Å². The van der Waals surface area contributed by atoms with Gasteiger partial charge in [-0.15, -0.1) is 0 Å². The van der Waals surface area contributed by atoms with Crippen LogP contribution in [0.4, 0.5) is 11.6 Å². The summed E-state index contributed by atoms with van der Waals surface area (Å²) in [4.78, 5) is 12.5. The van der Waals surface area contributed by atoms with Crippen LogP contribution in [0, 0.1) is 0 Å². The predicted molar refractivity (Wildman–Crippen MR) is 80.1 cm³/mol. The van der Waals surface area contributed by atoms with Crippen molar-refractivity contribution in [2.24, 2.45) is 5.84 Å². The molecule has 6 heteroatoms. The Bertz CT molecular complexity index is 543. The minimum Gasteiger partial charge on any atom is -0.363 e. The summed E-state index contributed by atoms with van der Waals surface area (Å²) in [5, 5.41) is 3.41. The van der Waals surface area contributed by atoms with Gasteiger partial charge in [-0.1, -0.05) is 13.3 Å². The molecule has 0 aromatic carbocycles. The number of nitrogens with one attached hydrogen (secondary N) is 2. The van der Waals surface area contributed by atoms with Crippen LogP contribution in [0.25, 0.3) is 0 Å². The molecule has 0 radical (unpaired) electrons. The van der Waals surface area contributed by atoms with E-state index >= 15 is 0 Å². The molecule has 6 nitrogen and oxygen atoms in total. The van der Waals surface area contributed by atoms with Crippen molar-refractivity contribution in [2.45, 2.75) is 32.7 Å². The van der Waals surface area contributed by atoms with Gasteiger partial charge in [0.15, 0.2) is 0 Å². The second-order valence-electron chi connectivity index (χ2n) is 4.59. The Morgan fingerprint density at radius 1 is 1.20 bits per heavy atom. The number of hydrogen-bond donors (Lipinski definition) is 3. The summed E-state index contributed by atoms with van der Waals surface area (Å²) >= 11 is 0. The van der Waals surface area contributed by atoms with Crippen molar-refractivity contribution in [2.75, 3.05) is 10.7 Å². The lowest BCUT2D eigenvalue weighted by molar-refractivity contribution is 0.844. The first-order valence-corrected chi connectivity index (χ1v) is 6.73. The van der Waals surface area contributed by atoms with Crippen LogP contribution in [0.3, 0.4) is 0 Å². The van der Waals surface area contributed by atoms with E-state index in [1.807, 2.05) is 12.1 Å². The molecule has 1 unspecified atom stereocenters. The fourth-order valence-electron chi connectivity index (χ4n) is 2.09. The largest absolute Gasteiger partial charge is 0.363 e. The summed E-state index contributed by atoms with van der Waals surface area (Å²) in [6.07, 6.45) is 6.95. The van der Waals surface area contributed by atoms with Crippen molar-refractivity contribution in [1.29, 1.82) is 0 Å². The van der Waals surface area contributed by atoms with Crippen molar-refractivity contribution in [3.05, 3.63) is 42.0 Å². The highest BCUT2D eigenvalue weighted by Gasteiger charge is 2.13. The molecule has 2 heterocycles. The topological polar surface area (TPSA) is 88.8 Å². The molecule has 0 aliphatic carbocycles.